The van der Waals surface area contributed by atoms with E-state index >= 15 is 0 Å². The number of nitrogens with one attached hydrogen (secondary N) is 1. The van der Waals surface area contributed by atoms with E-state index in [0.717, 1.165) is 11.7 Å². The predicted molar refractivity (Wildman–Crippen MR) is 72.0 cm³/mol. The summed E-state index contributed by atoms with van der Waals surface area (Å²) in [4.78, 5) is 26.2. The maximum absolute atomic E-state index is 12.2. The van der Waals surface area contributed by atoms with Crippen LogP contribution in [0.1, 0.15) is 27.1 Å². The second-order valence-corrected chi connectivity index (χ2v) is 5.86. The van der Waals surface area contributed by atoms with Crippen LogP contribution in [0, 0.1) is 10.2 Å². The van der Waals surface area contributed by atoms with Gasteiger partial charge in [-0.25, -0.2) is 0 Å². The van der Waals surface area contributed by atoms with Crippen molar-refractivity contribution in [2.24, 2.45) is 0 Å². The van der Waals surface area contributed by atoms with Gasteiger partial charge in [0, 0.05) is 0 Å². The SMILES string of the molecule is N#C[Se]CCCNC1=CC(=O)c2ccccc2C1=O. The number of benzene rings is 1. The average Bonchev–Trinajstić information content (AvgIpc) is 2.44. The minimum absolute atomic E-state index is 0.00898. The number of carbonyl (C=O) groups excluding carboxylic acids is 2. The molecular formula is C14H12N2O2Se. The zero-order valence-electron chi connectivity index (χ0n) is 10.2. The van der Waals surface area contributed by atoms with Crippen LogP contribution in [0.15, 0.2) is 36.0 Å². The molecule has 0 fully saturated rings. The van der Waals surface area contributed by atoms with E-state index in [4.69, 9.17) is 5.26 Å². The zero-order valence-corrected chi connectivity index (χ0v) is 11.9. The molecule has 1 aromatic rings. The molecule has 0 amide bonds. The Morgan fingerprint density at radius 3 is 2.68 bits per heavy atom. The van der Waals surface area contributed by atoms with Crippen molar-refractivity contribution in [3.8, 4) is 4.97 Å². The first-order valence-electron chi connectivity index (χ1n) is 5.88. The molecule has 5 heteroatoms. The van der Waals surface area contributed by atoms with Crippen molar-refractivity contribution in [2.75, 3.05) is 6.54 Å². The first-order valence-corrected chi connectivity index (χ1v) is 7.95. The first kappa shape index (κ1) is 13.5. The molecule has 0 spiro atoms. The van der Waals surface area contributed by atoms with Crippen molar-refractivity contribution in [3.05, 3.63) is 47.2 Å². The fraction of sp³-hybridized carbons (Fsp3) is 0.214. The molecule has 0 unspecified atom stereocenters. The number of nitrogens with zero attached hydrogens (tertiary/aromatic N) is 1. The molecule has 0 saturated heterocycles. The number of fused-ring (bicyclic) bond motifs is 1. The Hall–Kier alpha value is -1.89. The summed E-state index contributed by atoms with van der Waals surface area (Å²) in [6.45, 7) is 0.608. The normalized spacial score (nSPS) is 13.5. The van der Waals surface area contributed by atoms with E-state index in [0.29, 0.717) is 23.4 Å². The van der Waals surface area contributed by atoms with Gasteiger partial charge < -0.3 is 0 Å². The van der Waals surface area contributed by atoms with E-state index in [1.807, 2.05) is 0 Å². The first-order chi connectivity index (χ1) is 9.24. The number of ketones is 2. The van der Waals surface area contributed by atoms with Gasteiger partial charge in [0.15, 0.2) is 0 Å². The van der Waals surface area contributed by atoms with E-state index in [1.54, 1.807) is 24.3 Å². The molecule has 0 radical (unpaired) electrons. The van der Waals surface area contributed by atoms with Crippen LogP contribution in [0.5, 0.6) is 0 Å². The molecule has 19 heavy (non-hydrogen) atoms. The van der Waals surface area contributed by atoms with E-state index in [-0.39, 0.29) is 26.5 Å². The van der Waals surface area contributed by atoms with Crippen molar-refractivity contribution in [2.45, 2.75) is 11.7 Å². The van der Waals surface area contributed by atoms with Crippen LogP contribution in [0.2, 0.25) is 5.32 Å². The Bertz CT molecular complexity index is 587. The maximum atomic E-state index is 12.2. The summed E-state index contributed by atoms with van der Waals surface area (Å²) < 4.78 is 0. The molecule has 0 atom stereocenters. The molecular weight excluding hydrogens is 307 g/mol. The minimum atomic E-state index is -0.140. The Kier molecular flexibility index (Phi) is 4.51. The average molecular weight is 319 g/mol. The third-order valence-electron chi connectivity index (χ3n) is 2.76. The van der Waals surface area contributed by atoms with Gasteiger partial charge in [-0.15, -0.1) is 0 Å². The van der Waals surface area contributed by atoms with Crippen LogP contribution in [0.3, 0.4) is 0 Å². The quantitative estimate of drug-likeness (QED) is 0.660. The third-order valence-corrected chi connectivity index (χ3v) is 4.07. The molecule has 1 N–H and O–H groups in total. The summed E-state index contributed by atoms with van der Waals surface area (Å²) in [6, 6.07) is 6.84. The fourth-order valence-corrected chi connectivity index (χ4v) is 2.66. The van der Waals surface area contributed by atoms with Crippen molar-refractivity contribution < 1.29 is 9.59 Å². The predicted octanol–water partition coefficient (Wildman–Crippen LogP) is 1.53. The van der Waals surface area contributed by atoms with Gasteiger partial charge in [-0.05, 0) is 0 Å². The molecule has 0 aliphatic heterocycles. The van der Waals surface area contributed by atoms with Crippen LogP contribution >= 0.6 is 0 Å². The molecule has 1 aliphatic carbocycles. The third kappa shape index (κ3) is 3.11. The monoisotopic (exact) mass is 320 g/mol. The summed E-state index contributed by atoms with van der Waals surface area (Å²) >= 11 is 0.00898. The van der Waals surface area contributed by atoms with Gasteiger partial charge in [-0.2, -0.15) is 0 Å². The molecule has 0 saturated carbocycles. The summed E-state index contributed by atoms with van der Waals surface area (Å²) in [6.07, 6.45) is 2.19. The second-order valence-electron chi connectivity index (χ2n) is 4.02. The van der Waals surface area contributed by atoms with Gasteiger partial charge in [0.05, 0.1) is 0 Å². The number of hydrogen-bond acceptors (Lipinski definition) is 4. The van der Waals surface area contributed by atoms with E-state index in [9.17, 15) is 9.59 Å². The number of carbonyl (C=O) groups is 2. The zero-order chi connectivity index (χ0) is 13.7. The summed E-state index contributed by atoms with van der Waals surface area (Å²) in [5.41, 5.74) is 1.28. The van der Waals surface area contributed by atoms with E-state index < -0.39 is 0 Å². The van der Waals surface area contributed by atoms with Gasteiger partial charge in [-0.3, -0.25) is 0 Å². The van der Waals surface area contributed by atoms with Crippen LogP contribution < -0.4 is 5.32 Å². The fourth-order valence-electron chi connectivity index (χ4n) is 1.86. The Morgan fingerprint density at radius 1 is 1.21 bits per heavy atom. The van der Waals surface area contributed by atoms with Crippen LogP contribution in [0.4, 0.5) is 0 Å². The van der Waals surface area contributed by atoms with Crippen molar-refractivity contribution in [3.63, 3.8) is 0 Å². The molecule has 1 aliphatic rings. The van der Waals surface area contributed by atoms with Crippen LogP contribution in [-0.2, 0) is 0 Å². The van der Waals surface area contributed by atoms with Gasteiger partial charge in [0.25, 0.3) is 0 Å². The van der Waals surface area contributed by atoms with Gasteiger partial charge in [0.2, 0.25) is 0 Å². The van der Waals surface area contributed by atoms with Crippen LogP contribution in [-0.4, -0.2) is 33.1 Å². The van der Waals surface area contributed by atoms with E-state index in [2.05, 4.69) is 10.3 Å². The molecule has 0 heterocycles. The van der Waals surface area contributed by atoms with Crippen LogP contribution in [0.25, 0.3) is 0 Å². The molecule has 0 bridgehead atoms. The number of nitriles is 1. The Labute approximate surface area is 117 Å². The summed E-state index contributed by atoms with van der Waals surface area (Å²) in [5, 5.41) is 12.3. The van der Waals surface area contributed by atoms with Gasteiger partial charge in [-0.1, -0.05) is 0 Å². The van der Waals surface area contributed by atoms with Gasteiger partial charge >= 0.3 is 117 Å². The summed E-state index contributed by atoms with van der Waals surface area (Å²) in [7, 11) is 0. The van der Waals surface area contributed by atoms with Gasteiger partial charge in [0.1, 0.15) is 0 Å². The topological polar surface area (TPSA) is 70.0 Å². The number of allylic oxidation sites excluding steroid dienone is 2. The standard InChI is InChI=1S/C14H12N2O2Se/c15-9-19-7-3-6-16-12-8-13(17)10-4-1-2-5-11(10)14(12)18/h1-2,4-5,8,16H,3,6-7H2. The van der Waals surface area contributed by atoms with Crippen molar-refractivity contribution >= 4 is 26.5 Å². The number of rotatable bonds is 5. The molecule has 2 rings (SSSR count). The molecule has 0 aromatic heterocycles. The Balaban J connectivity index is 2.02. The number of Topliss-reactive ketones (excluding diaryl/α,β-unsaturated/α-hetero) is 1. The summed E-state index contributed by atoms with van der Waals surface area (Å²) in [5.74, 6) is -0.278. The molecule has 96 valence electrons. The molecule has 4 nitrogen and oxygen atoms in total. The Morgan fingerprint density at radius 2 is 1.95 bits per heavy atom. The second kappa shape index (κ2) is 6.33. The molecule has 1 aromatic carbocycles. The van der Waals surface area contributed by atoms with Crippen molar-refractivity contribution in [1.82, 2.24) is 5.32 Å². The van der Waals surface area contributed by atoms with E-state index in [1.165, 1.54) is 6.08 Å². The number of hydrogen-bond donors (Lipinski definition) is 1. The van der Waals surface area contributed by atoms with Crippen molar-refractivity contribution in [1.29, 1.82) is 5.26 Å².